The number of H-pyrrole nitrogens is 1. The topological polar surface area (TPSA) is 52.5 Å². The molecule has 1 N–H and O–H groups in total. The molecule has 0 spiro atoms. The summed E-state index contributed by atoms with van der Waals surface area (Å²) in [7, 11) is 0. The molecule has 0 unspecified atom stereocenters. The number of hydrogen-bond acceptors (Lipinski definition) is 2. The van der Waals surface area contributed by atoms with Crippen molar-refractivity contribution in [2.24, 2.45) is 0 Å². The molecule has 28 heavy (non-hydrogen) atoms. The molecule has 4 aromatic rings. The third-order valence-corrected chi connectivity index (χ3v) is 4.91. The van der Waals surface area contributed by atoms with Gasteiger partial charge >= 0.3 is 0 Å². The van der Waals surface area contributed by atoms with E-state index in [0.717, 1.165) is 40.5 Å². The number of nitrogens with one attached hydrogen (secondary N) is 1. The van der Waals surface area contributed by atoms with E-state index in [1.165, 1.54) is 11.1 Å². The summed E-state index contributed by atoms with van der Waals surface area (Å²) in [4.78, 5) is 7.91. The first-order valence-corrected chi connectivity index (χ1v) is 9.44. The second kappa shape index (κ2) is 8.12. The molecule has 4 rings (SSSR count). The Morgan fingerprint density at radius 2 is 1.36 bits per heavy atom. The average molecular weight is 384 g/mol. The van der Waals surface area contributed by atoms with Gasteiger partial charge in [0.1, 0.15) is 5.82 Å². The van der Waals surface area contributed by atoms with Crippen molar-refractivity contribution in [3.05, 3.63) is 112 Å². The molecule has 1 heterocycles. The van der Waals surface area contributed by atoms with Crippen LogP contribution in [0.4, 0.5) is 0 Å². The van der Waals surface area contributed by atoms with E-state index in [-0.39, 0.29) is 0 Å². The zero-order valence-electron chi connectivity index (χ0n) is 15.2. The second-order valence-electron chi connectivity index (χ2n) is 6.72. The summed E-state index contributed by atoms with van der Waals surface area (Å²) in [6, 6.07) is 26.2. The molecule has 0 aliphatic rings. The largest absolute Gasteiger partial charge is 0.345 e. The molecule has 3 nitrogen and oxygen atoms in total. The maximum Gasteiger partial charge on any atom is 0.110 e. The van der Waals surface area contributed by atoms with Crippen LogP contribution in [0.25, 0.3) is 11.1 Å². The normalized spacial score (nSPS) is 10.6. The fourth-order valence-corrected chi connectivity index (χ4v) is 3.28. The lowest BCUT2D eigenvalue weighted by Gasteiger charge is -2.04. The molecule has 0 fully saturated rings. The van der Waals surface area contributed by atoms with Crippen LogP contribution in [0.2, 0.25) is 5.02 Å². The van der Waals surface area contributed by atoms with Gasteiger partial charge in [0.05, 0.1) is 11.6 Å². The predicted molar refractivity (Wildman–Crippen MR) is 112 cm³/mol. The molecule has 0 amide bonds. The third-order valence-electron chi connectivity index (χ3n) is 4.66. The second-order valence-corrected chi connectivity index (χ2v) is 7.16. The van der Waals surface area contributed by atoms with E-state index in [1.807, 2.05) is 54.7 Å². The lowest BCUT2D eigenvalue weighted by molar-refractivity contribution is 1.000. The smallest absolute Gasteiger partial charge is 0.110 e. The zero-order valence-corrected chi connectivity index (χ0v) is 15.9. The number of halogens is 1. The lowest BCUT2D eigenvalue weighted by Crippen LogP contribution is -1.93. The summed E-state index contributed by atoms with van der Waals surface area (Å²) in [5.74, 6) is 0.947. The fourth-order valence-electron chi connectivity index (χ4n) is 3.15. The van der Waals surface area contributed by atoms with Gasteiger partial charge in [0.2, 0.25) is 0 Å². The molecule has 3 aromatic carbocycles. The molecule has 1 aromatic heterocycles. The molecule has 0 bridgehead atoms. The minimum absolute atomic E-state index is 0.677. The summed E-state index contributed by atoms with van der Waals surface area (Å²) < 4.78 is 0. The highest BCUT2D eigenvalue weighted by Crippen LogP contribution is 2.22. The van der Waals surface area contributed by atoms with E-state index in [0.29, 0.717) is 5.56 Å². The number of rotatable bonds is 5. The Bertz CT molecular complexity index is 1100. The van der Waals surface area contributed by atoms with E-state index in [1.54, 1.807) is 0 Å². The first-order valence-electron chi connectivity index (χ1n) is 9.06. The summed E-state index contributed by atoms with van der Waals surface area (Å²) in [6.07, 6.45) is 3.41. The van der Waals surface area contributed by atoms with E-state index in [4.69, 9.17) is 16.9 Å². The average Bonchev–Trinajstić information content (AvgIpc) is 3.16. The zero-order chi connectivity index (χ0) is 19.3. The quantitative estimate of drug-likeness (QED) is 0.474. The van der Waals surface area contributed by atoms with Crippen LogP contribution in [-0.2, 0) is 12.8 Å². The van der Waals surface area contributed by atoms with Gasteiger partial charge in [0, 0.05) is 29.8 Å². The maximum absolute atomic E-state index is 8.88. The van der Waals surface area contributed by atoms with Crippen LogP contribution in [0.5, 0.6) is 0 Å². The Hall–Kier alpha value is -3.35. The van der Waals surface area contributed by atoms with Crippen molar-refractivity contribution in [1.29, 1.82) is 5.26 Å². The molecular formula is C24H18ClN3. The van der Waals surface area contributed by atoms with Gasteiger partial charge in [-0.3, -0.25) is 0 Å². The van der Waals surface area contributed by atoms with E-state index in [9.17, 15) is 0 Å². The van der Waals surface area contributed by atoms with Crippen molar-refractivity contribution in [3.63, 3.8) is 0 Å². The van der Waals surface area contributed by atoms with Crippen LogP contribution in [0.15, 0.2) is 79.0 Å². The summed E-state index contributed by atoms with van der Waals surface area (Å²) in [5, 5.41) is 9.63. The number of nitriles is 1. The Balaban J connectivity index is 1.42. The van der Waals surface area contributed by atoms with Crippen LogP contribution in [0, 0.1) is 11.3 Å². The fraction of sp³-hybridized carbons (Fsp3) is 0.0833. The van der Waals surface area contributed by atoms with Crippen molar-refractivity contribution in [2.75, 3.05) is 0 Å². The van der Waals surface area contributed by atoms with Gasteiger partial charge < -0.3 is 4.98 Å². The standard InChI is InChI=1S/C24H18ClN3/c25-22-11-9-21(10-12-22)20-7-5-18(6-8-20)14-24-27-16-23(28-24)13-17-1-3-19(15-26)4-2-17/h1-12,16H,13-14H2,(H,27,28). The van der Waals surface area contributed by atoms with Crippen LogP contribution >= 0.6 is 11.6 Å². The first kappa shape index (κ1) is 18.0. The van der Waals surface area contributed by atoms with Crippen LogP contribution < -0.4 is 0 Å². The van der Waals surface area contributed by atoms with Gasteiger partial charge in [0.25, 0.3) is 0 Å². The highest BCUT2D eigenvalue weighted by molar-refractivity contribution is 6.30. The Labute approximate surface area is 169 Å². The summed E-state index contributed by atoms with van der Waals surface area (Å²) >= 11 is 5.96. The van der Waals surface area contributed by atoms with Crippen LogP contribution in [0.1, 0.15) is 28.2 Å². The lowest BCUT2D eigenvalue weighted by atomic mass is 10.0. The Morgan fingerprint density at radius 1 is 0.786 bits per heavy atom. The van der Waals surface area contributed by atoms with Gasteiger partial charge in [0.15, 0.2) is 0 Å². The minimum atomic E-state index is 0.677. The van der Waals surface area contributed by atoms with E-state index >= 15 is 0 Å². The van der Waals surface area contributed by atoms with E-state index < -0.39 is 0 Å². The highest BCUT2D eigenvalue weighted by Gasteiger charge is 2.05. The van der Waals surface area contributed by atoms with Crippen LogP contribution in [0.3, 0.4) is 0 Å². The van der Waals surface area contributed by atoms with Crippen molar-refractivity contribution in [1.82, 2.24) is 9.97 Å². The number of aromatic amines is 1. The van der Waals surface area contributed by atoms with Gasteiger partial charge in [-0.05, 0) is 46.5 Å². The first-order chi connectivity index (χ1) is 13.7. The third kappa shape index (κ3) is 4.31. The number of imidazole rings is 1. The molecule has 136 valence electrons. The maximum atomic E-state index is 8.88. The number of hydrogen-bond donors (Lipinski definition) is 1. The van der Waals surface area contributed by atoms with Gasteiger partial charge in [-0.2, -0.15) is 5.26 Å². The van der Waals surface area contributed by atoms with Crippen molar-refractivity contribution in [2.45, 2.75) is 12.8 Å². The minimum Gasteiger partial charge on any atom is -0.345 e. The number of benzene rings is 3. The number of aromatic nitrogens is 2. The molecule has 0 atom stereocenters. The van der Waals surface area contributed by atoms with Gasteiger partial charge in [-0.25, -0.2) is 4.98 Å². The number of nitrogens with zero attached hydrogens (tertiary/aromatic N) is 2. The van der Waals surface area contributed by atoms with Gasteiger partial charge in [-0.15, -0.1) is 0 Å². The SMILES string of the molecule is N#Cc1ccc(Cc2cnc(Cc3ccc(-c4ccc(Cl)cc4)cc3)[nH]2)cc1. The monoisotopic (exact) mass is 383 g/mol. The van der Waals surface area contributed by atoms with Crippen molar-refractivity contribution in [3.8, 4) is 17.2 Å². The molecule has 0 aliphatic heterocycles. The Morgan fingerprint density at radius 3 is 2.00 bits per heavy atom. The summed E-state index contributed by atoms with van der Waals surface area (Å²) in [6.45, 7) is 0. The molecule has 0 radical (unpaired) electrons. The molecule has 0 saturated heterocycles. The molecule has 0 saturated carbocycles. The predicted octanol–water partition coefficient (Wildman–Crippen LogP) is 5.78. The van der Waals surface area contributed by atoms with Gasteiger partial charge in [-0.1, -0.05) is 60.1 Å². The van der Waals surface area contributed by atoms with Crippen LogP contribution in [-0.4, -0.2) is 9.97 Å². The highest BCUT2D eigenvalue weighted by atomic mass is 35.5. The summed E-state index contributed by atoms with van der Waals surface area (Å²) in [5.41, 5.74) is 6.42. The molecule has 4 heteroatoms. The van der Waals surface area contributed by atoms with Crippen molar-refractivity contribution < 1.29 is 0 Å². The molecule has 0 aliphatic carbocycles. The Kier molecular flexibility index (Phi) is 5.23. The van der Waals surface area contributed by atoms with Crippen molar-refractivity contribution >= 4 is 11.6 Å². The van der Waals surface area contributed by atoms with E-state index in [2.05, 4.69) is 40.3 Å². The molecular weight excluding hydrogens is 366 g/mol.